The van der Waals surface area contributed by atoms with Gasteiger partial charge in [-0.25, -0.2) is 4.98 Å². The van der Waals surface area contributed by atoms with Crippen molar-refractivity contribution in [2.24, 2.45) is 0 Å². The van der Waals surface area contributed by atoms with E-state index in [9.17, 15) is 0 Å². The van der Waals surface area contributed by atoms with E-state index in [4.69, 9.17) is 35.4 Å². The summed E-state index contributed by atoms with van der Waals surface area (Å²) >= 11 is 17.0. The minimum Gasteiger partial charge on any atom is -0.352 e. The molecule has 5 nitrogen and oxygen atoms in total. The number of fused-ring (bicyclic) bond motifs is 1. The summed E-state index contributed by atoms with van der Waals surface area (Å²) in [6.07, 6.45) is 1.64. The van der Waals surface area contributed by atoms with Gasteiger partial charge in [0.1, 0.15) is 10.3 Å². The van der Waals surface area contributed by atoms with Crippen molar-refractivity contribution < 1.29 is 0 Å². The van der Waals surface area contributed by atoms with Crippen molar-refractivity contribution in [3.05, 3.63) is 44.6 Å². The fourth-order valence-electron chi connectivity index (χ4n) is 1.77. The van der Waals surface area contributed by atoms with Gasteiger partial charge in [0, 0.05) is 6.54 Å². The summed E-state index contributed by atoms with van der Waals surface area (Å²) in [5.74, 6) is 0.567. The van der Waals surface area contributed by atoms with E-state index < -0.39 is 0 Å². The predicted octanol–water partition coefficient (Wildman–Crippen LogP) is 3.93. The van der Waals surface area contributed by atoms with E-state index in [1.165, 1.54) is 0 Å². The lowest BCUT2D eigenvalue weighted by atomic mass is 10.2. The highest BCUT2D eigenvalue weighted by Crippen LogP contribution is 2.23. The molecule has 3 rings (SSSR count). The molecule has 0 radical (unpaired) electrons. The summed E-state index contributed by atoms with van der Waals surface area (Å²) in [7, 11) is 0. The van der Waals surface area contributed by atoms with Gasteiger partial charge in [0.2, 0.25) is 5.95 Å². The van der Waals surface area contributed by atoms with Gasteiger partial charge in [-0.2, -0.15) is 5.10 Å². The van der Waals surface area contributed by atoms with Gasteiger partial charge in [-0.1, -0.05) is 41.5 Å². The topological polar surface area (TPSA) is 69.4 Å². The Morgan fingerprint density at radius 2 is 2.10 bits per heavy atom. The SMILES string of the molecule is S=c1nc(NCc2ccc(Cl)c(Cl)c2)[nH]c2[nH]ncc12. The fourth-order valence-corrected chi connectivity index (χ4v) is 2.34. The van der Waals surface area contributed by atoms with Crippen LogP contribution in [0.15, 0.2) is 24.4 Å². The maximum absolute atomic E-state index is 5.97. The van der Waals surface area contributed by atoms with Gasteiger partial charge in [0.05, 0.1) is 21.6 Å². The summed E-state index contributed by atoms with van der Waals surface area (Å²) in [5.41, 5.74) is 1.73. The summed E-state index contributed by atoms with van der Waals surface area (Å²) in [6.45, 7) is 0.550. The monoisotopic (exact) mass is 325 g/mol. The number of hydrogen-bond acceptors (Lipinski definition) is 4. The van der Waals surface area contributed by atoms with E-state index in [0.29, 0.717) is 27.2 Å². The highest BCUT2D eigenvalue weighted by atomic mass is 35.5. The number of aromatic nitrogens is 4. The molecule has 102 valence electrons. The first-order chi connectivity index (χ1) is 9.63. The Bertz CT molecular complexity index is 826. The molecule has 0 spiro atoms. The third kappa shape index (κ3) is 2.63. The normalized spacial score (nSPS) is 10.9. The Hall–Kier alpha value is -1.63. The maximum atomic E-state index is 5.97. The predicted molar refractivity (Wildman–Crippen MR) is 82.9 cm³/mol. The number of rotatable bonds is 3. The van der Waals surface area contributed by atoms with Crippen molar-refractivity contribution in [3.8, 4) is 0 Å². The highest BCUT2D eigenvalue weighted by molar-refractivity contribution is 7.71. The average molecular weight is 326 g/mol. The van der Waals surface area contributed by atoms with Gasteiger partial charge in [0.15, 0.2) is 0 Å². The smallest absolute Gasteiger partial charge is 0.203 e. The molecular formula is C12H9Cl2N5S. The van der Waals surface area contributed by atoms with Crippen LogP contribution in [0.3, 0.4) is 0 Å². The van der Waals surface area contributed by atoms with E-state index >= 15 is 0 Å². The van der Waals surface area contributed by atoms with Crippen molar-refractivity contribution in [2.75, 3.05) is 5.32 Å². The molecule has 0 aliphatic carbocycles. The second-order valence-corrected chi connectivity index (χ2v) is 5.35. The number of nitrogens with zero attached hydrogens (tertiary/aromatic N) is 2. The first-order valence-corrected chi connectivity index (χ1v) is 6.91. The second kappa shape index (κ2) is 5.40. The maximum Gasteiger partial charge on any atom is 0.203 e. The Morgan fingerprint density at radius 3 is 2.90 bits per heavy atom. The molecule has 0 saturated carbocycles. The third-order valence-corrected chi connectivity index (χ3v) is 3.82. The lowest BCUT2D eigenvalue weighted by molar-refractivity contribution is 1.05. The van der Waals surface area contributed by atoms with Crippen molar-refractivity contribution in [2.45, 2.75) is 6.54 Å². The lowest BCUT2D eigenvalue weighted by Crippen LogP contribution is -2.04. The van der Waals surface area contributed by atoms with E-state index in [2.05, 4.69) is 25.5 Å². The molecule has 3 aromatic rings. The van der Waals surface area contributed by atoms with Crippen LogP contribution in [-0.4, -0.2) is 20.2 Å². The molecule has 0 fully saturated rings. The molecule has 0 bridgehead atoms. The average Bonchev–Trinajstić information content (AvgIpc) is 2.89. The summed E-state index contributed by atoms with van der Waals surface area (Å²) in [6, 6.07) is 5.46. The zero-order chi connectivity index (χ0) is 14.1. The lowest BCUT2D eigenvalue weighted by Gasteiger charge is -2.06. The van der Waals surface area contributed by atoms with Crippen molar-refractivity contribution in [1.82, 2.24) is 20.2 Å². The first-order valence-electron chi connectivity index (χ1n) is 5.74. The molecule has 8 heteroatoms. The second-order valence-electron chi connectivity index (χ2n) is 4.15. The van der Waals surface area contributed by atoms with Gasteiger partial charge >= 0.3 is 0 Å². The summed E-state index contributed by atoms with van der Waals surface area (Å²) in [5, 5.41) is 11.7. The molecule has 3 N–H and O–H groups in total. The Kier molecular flexibility index (Phi) is 3.60. The number of aromatic amines is 2. The molecular weight excluding hydrogens is 317 g/mol. The van der Waals surface area contributed by atoms with Crippen LogP contribution in [0.5, 0.6) is 0 Å². The largest absolute Gasteiger partial charge is 0.352 e. The van der Waals surface area contributed by atoms with E-state index in [1.54, 1.807) is 18.3 Å². The summed E-state index contributed by atoms with van der Waals surface area (Å²) < 4.78 is 0.490. The third-order valence-electron chi connectivity index (χ3n) is 2.77. The van der Waals surface area contributed by atoms with Gasteiger partial charge in [0.25, 0.3) is 0 Å². The van der Waals surface area contributed by atoms with Crippen molar-refractivity contribution >= 4 is 52.4 Å². The molecule has 0 aliphatic heterocycles. The standard InChI is InChI=1S/C12H9Cl2N5S/c13-8-2-1-6(3-9(8)14)4-15-12-17-10-7(5-16-19-10)11(20)18-12/h1-3,5H,4H2,(H3,15,16,17,18,19,20). The van der Waals surface area contributed by atoms with E-state index in [-0.39, 0.29) is 0 Å². The van der Waals surface area contributed by atoms with Gasteiger partial charge in [-0.05, 0) is 17.7 Å². The molecule has 20 heavy (non-hydrogen) atoms. The fraction of sp³-hybridized carbons (Fsp3) is 0.0833. The number of hydrogen-bond donors (Lipinski definition) is 3. The summed E-state index contributed by atoms with van der Waals surface area (Å²) in [4.78, 5) is 7.34. The van der Waals surface area contributed by atoms with E-state index in [0.717, 1.165) is 16.6 Å². The van der Waals surface area contributed by atoms with Gasteiger partial charge in [-0.3, -0.25) is 5.10 Å². The van der Waals surface area contributed by atoms with Crippen LogP contribution in [0.25, 0.3) is 11.0 Å². The molecule has 0 aliphatic rings. The van der Waals surface area contributed by atoms with Crippen LogP contribution in [0.4, 0.5) is 5.95 Å². The van der Waals surface area contributed by atoms with Crippen LogP contribution in [0.1, 0.15) is 5.56 Å². The molecule has 1 aromatic carbocycles. The van der Waals surface area contributed by atoms with E-state index in [1.807, 2.05) is 6.07 Å². The molecule has 0 amide bonds. The number of anilines is 1. The molecule has 0 saturated heterocycles. The minimum absolute atomic E-state index is 0.490. The van der Waals surface area contributed by atoms with Crippen LogP contribution >= 0.6 is 35.4 Å². The Morgan fingerprint density at radius 1 is 1.25 bits per heavy atom. The Labute approximate surface area is 129 Å². The van der Waals surface area contributed by atoms with Crippen LogP contribution in [0, 0.1) is 4.64 Å². The minimum atomic E-state index is 0.490. The molecule has 0 unspecified atom stereocenters. The van der Waals surface area contributed by atoms with Gasteiger partial charge < -0.3 is 10.3 Å². The van der Waals surface area contributed by atoms with Crippen molar-refractivity contribution in [3.63, 3.8) is 0 Å². The Balaban J connectivity index is 1.82. The molecule has 2 heterocycles. The number of halogens is 2. The highest BCUT2D eigenvalue weighted by Gasteiger charge is 2.04. The quantitative estimate of drug-likeness (QED) is 0.638. The first kappa shape index (κ1) is 13.4. The molecule has 2 aromatic heterocycles. The zero-order valence-corrected chi connectivity index (χ0v) is 12.4. The van der Waals surface area contributed by atoms with Crippen LogP contribution < -0.4 is 5.32 Å². The van der Waals surface area contributed by atoms with Crippen molar-refractivity contribution in [1.29, 1.82) is 0 Å². The number of H-pyrrole nitrogens is 2. The van der Waals surface area contributed by atoms with Crippen LogP contribution in [-0.2, 0) is 6.54 Å². The van der Waals surface area contributed by atoms with Gasteiger partial charge in [-0.15, -0.1) is 0 Å². The zero-order valence-electron chi connectivity index (χ0n) is 10.1. The molecule has 0 atom stereocenters. The number of nitrogens with one attached hydrogen (secondary N) is 3. The van der Waals surface area contributed by atoms with Crippen LogP contribution in [0.2, 0.25) is 10.0 Å². The number of benzene rings is 1.